The predicted molar refractivity (Wildman–Crippen MR) is 157 cm³/mol. The largest absolute Gasteiger partial charge is 0.416 e. The maximum absolute atomic E-state index is 14.6. The first-order chi connectivity index (χ1) is 19.9. The monoisotopic (exact) mass is 623 g/mol. The lowest BCUT2D eigenvalue weighted by Gasteiger charge is -2.49. The highest BCUT2D eigenvalue weighted by atomic mass is 35.5. The van der Waals surface area contributed by atoms with Crippen molar-refractivity contribution >= 4 is 44.6 Å². The number of hydrogen-bond acceptors (Lipinski definition) is 5. The van der Waals surface area contributed by atoms with E-state index < -0.39 is 32.5 Å². The van der Waals surface area contributed by atoms with Crippen LogP contribution < -0.4 is 9.21 Å². The molecule has 2 aliphatic heterocycles. The van der Waals surface area contributed by atoms with Crippen LogP contribution in [-0.2, 0) is 16.2 Å². The van der Waals surface area contributed by atoms with E-state index in [1.54, 1.807) is 37.3 Å². The van der Waals surface area contributed by atoms with Crippen molar-refractivity contribution < 1.29 is 31.1 Å². The van der Waals surface area contributed by atoms with Gasteiger partial charge < -0.3 is 10.0 Å². The first-order valence-electron chi connectivity index (χ1n) is 13.5. The summed E-state index contributed by atoms with van der Waals surface area (Å²) in [7, 11) is -4.41. The van der Waals surface area contributed by atoms with E-state index in [4.69, 9.17) is 11.6 Å². The van der Waals surface area contributed by atoms with Crippen molar-refractivity contribution in [3.63, 3.8) is 0 Å². The van der Waals surface area contributed by atoms with E-state index in [1.807, 2.05) is 0 Å². The number of aliphatic hydroxyl groups excluding tert-OH is 1. The number of aliphatic hydroxyl groups is 1. The molecule has 6 nitrogen and oxygen atoms in total. The lowest BCUT2D eigenvalue weighted by Crippen LogP contribution is -2.60. The van der Waals surface area contributed by atoms with Crippen LogP contribution in [0.1, 0.15) is 30.0 Å². The third-order valence-corrected chi connectivity index (χ3v) is 9.73. The van der Waals surface area contributed by atoms with Gasteiger partial charge in [-0.2, -0.15) is 13.2 Å². The second kappa shape index (κ2) is 11.9. The van der Waals surface area contributed by atoms with Crippen molar-refractivity contribution in [2.45, 2.75) is 30.5 Å². The summed E-state index contributed by atoms with van der Waals surface area (Å²) in [4.78, 5) is 3.81. The summed E-state index contributed by atoms with van der Waals surface area (Å²) in [6.07, 6.45) is -2.43. The summed E-state index contributed by atoms with van der Waals surface area (Å²) < 4.78 is 84.3. The second-order valence-electron chi connectivity index (χ2n) is 10.5. The molecule has 0 saturated carbocycles. The maximum atomic E-state index is 14.6. The Balaban J connectivity index is 1.59. The molecule has 0 aromatic heterocycles. The number of benzene rings is 3. The lowest BCUT2D eigenvalue weighted by atomic mass is 10.0. The maximum Gasteiger partial charge on any atom is 0.416 e. The van der Waals surface area contributed by atoms with Gasteiger partial charge in [0.15, 0.2) is 0 Å². The Hall–Kier alpha value is -3.12. The predicted octanol–water partition coefficient (Wildman–Crippen LogP) is 6.14. The molecule has 0 spiro atoms. The molecule has 1 fully saturated rings. The summed E-state index contributed by atoms with van der Waals surface area (Å²) in [6, 6.07) is 13.1. The third kappa shape index (κ3) is 6.01. The van der Waals surface area contributed by atoms with E-state index in [0.717, 1.165) is 12.1 Å². The Morgan fingerprint density at radius 2 is 1.81 bits per heavy atom. The molecular formula is C30H30ClF4N3O3S. The minimum Gasteiger partial charge on any atom is -0.396 e. The van der Waals surface area contributed by atoms with Crippen molar-refractivity contribution in [1.82, 2.24) is 4.90 Å². The van der Waals surface area contributed by atoms with Crippen molar-refractivity contribution in [2.75, 3.05) is 48.5 Å². The SMILES string of the molecule is C/C(=C\c1ccc2c(c1)N(S(=O)(=O)c1cccc(C(F)(F)F)c1)C[C@@H]1CN(CCCO)CCN21)c1c(F)cccc1Cl. The molecule has 0 radical (unpaired) electrons. The molecule has 0 amide bonds. The first-order valence-corrected chi connectivity index (χ1v) is 15.3. The molecule has 2 aliphatic rings. The number of piperazine rings is 1. The van der Waals surface area contributed by atoms with E-state index >= 15 is 0 Å². The minimum atomic E-state index is -4.71. The van der Waals surface area contributed by atoms with Crippen LogP contribution in [0.2, 0.25) is 5.02 Å². The molecule has 0 aliphatic carbocycles. The zero-order valence-electron chi connectivity index (χ0n) is 22.8. The van der Waals surface area contributed by atoms with Gasteiger partial charge in [-0.1, -0.05) is 35.9 Å². The zero-order chi connectivity index (χ0) is 30.2. The molecular weight excluding hydrogens is 594 g/mol. The number of sulfonamides is 1. The molecule has 3 aromatic rings. The molecule has 1 N–H and O–H groups in total. The van der Waals surface area contributed by atoms with Gasteiger partial charge >= 0.3 is 6.18 Å². The van der Waals surface area contributed by atoms with E-state index in [9.17, 15) is 31.1 Å². The first kappa shape index (κ1) is 30.3. The minimum absolute atomic E-state index is 0.0203. The highest BCUT2D eigenvalue weighted by molar-refractivity contribution is 7.92. The average molecular weight is 624 g/mol. The van der Waals surface area contributed by atoms with Crippen LogP contribution in [0.4, 0.5) is 28.9 Å². The molecule has 224 valence electrons. The Morgan fingerprint density at radius 3 is 2.52 bits per heavy atom. The van der Waals surface area contributed by atoms with Gasteiger partial charge in [-0.25, -0.2) is 12.8 Å². The number of alkyl halides is 3. The van der Waals surface area contributed by atoms with Crippen LogP contribution in [0.3, 0.4) is 0 Å². The summed E-state index contributed by atoms with van der Waals surface area (Å²) in [5, 5.41) is 9.50. The normalized spacial score (nSPS) is 18.2. The third-order valence-electron chi connectivity index (χ3n) is 7.64. The van der Waals surface area contributed by atoms with E-state index in [-0.39, 0.29) is 29.8 Å². The van der Waals surface area contributed by atoms with Crippen LogP contribution >= 0.6 is 11.6 Å². The number of nitrogens with zero attached hydrogens (tertiary/aromatic N) is 3. The summed E-state index contributed by atoms with van der Waals surface area (Å²) in [6.45, 7) is 4.26. The highest BCUT2D eigenvalue weighted by Crippen LogP contribution is 2.42. The Labute approximate surface area is 247 Å². The van der Waals surface area contributed by atoms with Gasteiger partial charge in [0, 0.05) is 38.3 Å². The number of fused-ring (bicyclic) bond motifs is 3. The quantitative estimate of drug-likeness (QED) is 0.253. The van der Waals surface area contributed by atoms with Crippen LogP contribution in [0.15, 0.2) is 65.6 Å². The fourth-order valence-corrected chi connectivity index (χ4v) is 7.50. The molecule has 2 heterocycles. The standard InChI is InChI=1S/C30H30ClF4N3O3S/c1-20(29-25(31)7-3-8-26(29)32)15-21-9-10-27-28(16-21)38(19-23-18-36(11-4-14-39)12-13-37(23)27)42(40,41)24-6-2-5-22(17-24)30(33,34)35/h2-3,5-10,15-17,23,39H,4,11-14,18-19H2,1H3/b20-15+/t23-/m0/s1. The molecule has 12 heteroatoms. The summed E-state index contributed by atoms with van der Waals surface area (Å²) >= 11 is 6.25. The Bertz CT molecular complexity index is 1590. The summed E-state index contributed by atoms with van der Waals surface area (Å²) in [5.74, 6) is -0.495. The van der Waals surface area contributed by atoms with Crippen LogP contribution in [0.5, 0.6) is 0 Å². The van der Waals surface area contributed by atoms with Crippen molar-refractivity contribution in [3.05, 3.63) is 88.2 Å². The Kier molecular flexibility index (Phi) is 8.58. The van der Waals surface area contributed by atoms with Gasteiger partial charge in [0.05, 0.1) is 39.4 Å². The number of rotatable bonds is 7. The van der Waals surface area contributed by atoms with Gasteiger partial charge in [0.2, 0.25) is 0 Å². The molecule has 1 saturated heterocycles. The van der Waals surface area contributed by atoms with E-state index in [0.29, 0.717) is 61.2 Å². The number of hydrogen-bond donors (Lipinski definition) is 1. The molecule has 5 rings (SSSR count). The van der Waals surface area contributed by atoms with Crippen molar-refractivity contribution in [2.24, 2.45) is 0 Å². The fourth-order valence-electron chi connectivity index (χ4n) is 5.64. The highest BCUT2D eigenvalue weighted by Gasteiger charge is 2.40. The van der Waals surface area contributed by atoms with Gasteiger partial charge in [-0.3, -0.25) is 9.21 Å². The molecule has 1 atom stereocenters. The Morgan fingerprint density at radius 1 is 1.05 bits per heavy atom. The molecule has 0 unspecified atom stereocenters. The molecule has 3 aromatic carbocycles. The topological polar surface area (TPSA) is 64.1 Å². The van der Waals surface area contributed by atoms with Gasteiger partial charge in [0.1, 0.15) is 5.82 Å². The fraction of sp³-hybridized carbons (Fsp3) is 0.333. The lowest BCUT2D eigenvalue weighted by molar-refractivity contribution is -0.137. The van der Waals surface area contributed by atoms with Crippen molar-refractivity contribution in [3.8, 4) is 0 Å². The second-order valence-corrected chi connectivity index (χ2v) is 12.7. The number of allylic oxidation sites excluding steroid dienone is 1. The number of anilines is 2. The zero-order valence-corrected chi connectivity index (χ0v) is 24.4. The molecule has 42 heavy (non-hydrogen) atoms. The van der Waals surface area contributed by atoms with Gasteiger partial charge in [-0.05, 0) is 66.9 Å². The van der Waals surface area contributed by atoms with Crippen LogP contribution in [-0.4, -0.2) is 63.8 Å². The van der Waals surface area contributed by atoms with Crippen molar-refractivity contribution in [1.29, 1.82) is 0 Å². The van der Waals surface area contributed by atoms with E-state index in [1.165, 1.54) is 22.5 Å². The van der Waals surface area contributed by atoms with Crippen LogP contribution in [0, 0.1) is 5.82 Å². The average Bonchev–Trinajstić information content (AvgIpc) is 2.95. The summed E-state index contributed by atoms with van der Waals surface area (Å²) in [5.41, 5.74) is 1.25. The molecule has 0 bridgehead atoms. The smallest absolute Gasteiger partial charge is 0.396 e. The van der Waals surface area contributed by atoms with Gasteiger partial charge in [-0.15, -0.1) is 0 Å². The van der Waals surface area contributed by atoms with Gasteiger partial charge in [0.25, 0.3) is 10.0 Å². The van der Waals surface area contributed by atoms with E-state index in [2.05, 4.69) is 9.80 Å². The number of halogens is 5. The van der Waals surface area contributed by atoms with Crippen LogP contribution in [0.25, 0.3) is 11.6 Å².